The minimum absolute atomic E-state index is 0.255. The molecule has 0 radical (unpaired) electrons. The molecule has 0 bridgehead atoms. The standard InChI is InChI=1S/C22H18BrNO3/c1-27-22(26)21(25)24(15-16-11-13-18(23)14-12-16)20-10-6-5-9-19(20)17-7-3-2-4-8-17/h2-14H,15H2,1H3. The Labute approximate surface area is 166 Å². The lowest BCUT2D eigenvalue weighted by atomic mass is 10.0. The van der Waals surface area contributed by atoms with Gasteiger partial charge in [0.25, 0.3) is 0 Å². The van der Waals surface area contributed by atoms with E-state index >= 15 is 0 Å². The van der Waals surface area contributed by atoms with Gasteiger partial charge in [-0.25, -0.2) is 4.79 Å². The van der Waals surface area contributed by atoms with Crippen LogP contribution >= 0.6 is 15.9 Å². The van der Waals surface area contributed by atoms with Crippen LogP contribution in [0.4, 0.5) is 5.69 Å². The second-order valence-corrected chi connectivity index (χ2v) is 6.81. The summed E-state index contributed by atoms with van der Waals surface area (Å²) in [7, 11) is 1.21. The molecule has 3 aromatic rings. The van der Waals surface area contributed by atoms with Crippen molar-refractivity contribution in [2.45, 2.75) is 6.54 Å². The van der Waals surface area contributed by atoms with Crippen LogP contribution in [0.2, 0.25) is 0 Å². The first kappa shape index (κ1) is 18.9. The highest BCUT2D eigenvalue weighted by Gasteiger charge is 2.26. The zero-order chi connectivity index (χ0) is 19.2. The van der Waals surface area contributed by atoms with E-state index in [2.05, 4.69) is 20.7 Å². The van der Waals surface area contributed by atoms with Gasteiger partial charge in [0.05, 0.1) is 19.3 Å². The maximum absolute atomic E-state index is 12.8. The van der Waals surface area contributed by atoms with Crippen LogP contribution in [0.3, 0.4) is 0 Å². The first-order chi connectivity index (χ1) is 13.1. The van der Waals surface area contributed by atoms with Gasteiger partial charge in [-0.1, -0.05) is 76.6 Å². The first-order valence-corrected chi connectivity index (χ1v) is 9.18. The van der Waals surface area contributed by atoms with Gasteiger partial charge >= 0.3 is 11.9 Å². The van der Waals surface area contributed by atoms with E-state index in [-0.39, 0.29) is 6.54 Å². The Hall–Kier alpha value is -2.92. The van der Waals surface area contributed by atoms with E-state index < -0.39 is 11.9 Å². The molecule has 136 valence electrons. The van der Waals surface area contributed by atoms with Crippen molar-refractivity contribution in [3.8, 4) is 11.1 Å². The Balaban J connectivity index is 2.07. The van der Waals surface area contributed by atoms with Gasteiger partial charge in [0.15, 0.2) is 0 Å². The number of anilines is 1. The van der Waals surface area contributed by atoms with Gasteiger partial charge in [-0.05, 0) is 29.3 Å². The summed E-state index contributed by atoms with van der Waals surface area (Å²) in [6.45, 7) is 0.255. The van der Waals surface area contributed by atoms with Gasteiger partial charge in [0, 0.05) is 10.0 Å². The second-order valence-electron chi connectivity index (χ2n) is 5.89. The maximum atomic E-state index is 12.8. The second kappa shape index (κ2) is 8.64. The molecule has 0 unspecified atom stereocenters. The van der Waals surface area contributed by atoms with Crippen molar-refractivity contribution >= 4 is 33.5 Å². The van der Waals surface area contributed by atoms with E-state index in [9.17, 15) is 9.59 Å². The monoisotopic (exact) mass is 423 g/mol. The lowest BCUT2D eigenvalue weighted by Gasteiger charge is -2.24. The van der Waals surface area contributed by atoms with E-state index in [1.54, 1.807) is 0 Å². The fourth-order valence-electron chi connectivity index (χ4n) is 2.81. The molecule has 0 aliphatic carbocycles. The lowest BCUT2D eigenvalue weighted by Crippen LogP contribution is -2.37. The molecule has 0 fully saturated rings. The summed E-state index contributed by atoms with van der Waals surface area (Å²) in [5.41, 5.74) is 3.39. The number of carbonyl (C=O) groups is 2. The predicted molar refractivity (Wildman–Crippen MR) is 109 cm³/mol. The molecule has 0 saturated carbocycles. The molecule has 3 rings (SSSR count). The van der Waals surface area contributed by atoms with E-state index in [4.69, 9.17) is 0 Å². The molecule has 0 aliphatic rings. The van der Waals surface area contributed by atoms with Crippen molar-refractivity contribution in [1.82, 2.24) is 0 Å². The normalized spacial score (nSPS) is 10.3. The third-order valence-electron chi connectivity index (χ3n) is 4.14. The van der Waals surface area contributed by atoms with Gasteiger partial charge in [-0.3, -0.25) is 9.69 Å². The van der Waals surface area contributed by atoms with Crippen LogP contribution in [0.1, 0.15) is 5.56 Å². The molecule has 0 heterocycles. The van der Waals surface area contributed by atoms with Gasteiger partial charge in [-0.2, -0.15) is 0 Å². The number of hydrogen-bond donors (Lipinski definition) is 0. The van der Waals surface area contributed by atoms with Crippen molar-refractivity contribution in [2.75, 3.05) is 12.0 Å². The Morgan fingerprint density at radius 2 is 1.52 bits per heavy atom. The summed E-state index contributed by atoms with van der Waals surface area (Å²) in [5, 5.41) is 0. The summed E-state index contributed by atoms with van der Waals surface area (Å²) in [4.78, 5) is 26.2. The molecule has 5 heteroatoms. The topological polar surface area (TPSA) is 46.6 Å². The minimum Gasteiger partial charge on any atom is -0.462 e. The van der Waals surface area contributed by atoms with Crippen LogP contribution in [-0.4, -0.2) is 19.0 Å². The summed E-state index contributed by atoms with van der Waals surface area (Å²) in [5.74, 6) is -1.60. The molecule has 0 aliphatic heterocycles. The van der Waals surface area contributed by atoms with Crippen LogP contribution < -0.4 is 4.90 Å². The number of carbonyl (C=O) groups excluding carboxylic acids is 2. The molecular formula is C22H18BrNO3. The van der Waals surface area contributed by atoms with E-state index in [0.29, 0.717) is 5.69 Å². The van der Waals surface area contributed by atoms with Crippen molar-refractivity contribution in [3.63, 3.8) is 0 Å². The fourth-order valence-corrected chi connectivity index (χ4v) is 3.07. The van der Waals surface area contributed by atoms with Gasteiger partial charge in [0.2, 0.25) is 0 Å². The van der Waals surface area contributed by atoms with Crippen LogP contribution in [0, 0.1) is 0 Å². The minimum atomic E-state index is -0.894. The number of esters is 1. The average molecular weight is 424 g/mol. The highest BCUT2D eigenvalue weighted by atomic mass is 79.9. The number of nitrogens with zero attached hydrogens (tertiary/aromatic N) is 1. The van der Waals surface area contributed by atoms with Crippen LogP contribution in [0.5, 0.6) is 0 Å². The summed E-state index contributed by atoms with van der Waals surface area (Å²) >= 11 is 3.41. The fraction of sp³-hybridized carbons (Fsp3) is 0.0909. The van der Waals surface area contributed by atoms with Gasteiger partial charge < -0.3 is 4.74 Å². The number of amides is 1. The molecule has 4 nitrogen and oxygen atoms in total. The van der Waals surface area contributed by atoms with Crippen molar-refractivity contribution in [3.05, 3.63) is 88.9 Å². The molecule has 27 heavy (non-hydrogen) atoms. The summed E-state index contributed by atoms with van der Waals surface area (Å²) < 4.78 is 5.63. The van der Waals surface area contributed by atoms with Crippen molar-refractivity contribution < 1.29 is 14.3 Å². The van der Waals surface area contributed by atoms with Crippen molar-refractivity contribution in [2.24, 2.45) is 0 Å². The smallest absolute Gasteiger partial charge is 0.397 e. The molecule has 0 N–H and O–H groups in total. The molecular weight excluding hydrogens is 406 g/mol. The maximum Gasteiger partial charge on any atom is 0.397 e. The third-order valence-corrected chi connectivity index (χ3v) is 4.67. The summed E-state index contributed by atoms with van der Waals surface area (Å²) in [6, 6.07) is 24.9. The Kier molecular flexibility index (Phi) is 6.04. The number of hydrogen-bond acceptors (Lipinski definition) is 3. The summed E-state index contributed by atoms with van der Waals surface area (Å²) in [6.07, 6.45) is 0. The molecule has 0 spiro atoms. The molecule has 3 aromatic carbocycles. The van der Waals surface area contributed by atoms with E-state index in [1.807, 2.05) is 78.9 Å². The SMILES string of the molecule is COC(=O)C(=O)N(Cc1ccc(Br)cc1)c1ccccc1-c1ccccc1. The number of methoxy groups -OCH3 is 1. The number of halogens is 1. The molecule has 1 amide bonds. The van der Waals surface area contributed by atoms with Crippen LogP contribution in [-0.2, 0) is 20.9 Å². The van der Waals surface area contributed by atoms with Crippen LogP contribution in [0.15, 0.2) is 83.3 Å². The van der Waals surface area contributed by atoms with Gasteiger partial charge in [-0.15, -0.1) is 0 Å². The average Bonchev–Trinajstić information content (AvgIpc) is 2.73. The largest absolute Gasteiger partial charge is 0.462 e. The Morgan fingerprint density at radius 1 is 0.889 bits per heavy atom. The molecule has 0 saturated heterocycles. The zero-order valence-corrected chi connectivity index (χ0v) is 16.3. The Bertz CT molecular complexity index is 939. The molecule has 0 aromatic heterocycles. The number of ether oxygens (including phenoxy) is 1. The zero-order valence-electron chi connectivity index (χ0n) is 14.8. The van der Waals surface area contributed by atoms with E-state index in [1.165, 1.54) is 12.0 Å². The quantitative estimate of drug-likeness (QED) is 0.446. The molecule has 0 atom stereocenters. The number of benzene rings is 3. The highest BCUT2D eigenvalue weighted by molar-refractivity contribution is 9.10. The number of rotatable bonds is 4. The lowest BCUT2D eigenvalue weighted by molar-refractivity contribution is -0.151. The first-order valence-electron chi connectivity index (χ1n) is 8.39. The predicted octanol–water partition coefficient (Wildman–Crippen LogP) is 4.82. The number of para-hydroxylation sites is 1. The Morgan fingerprint density at radius 3 is 2.19 bits per heavy atom. The third kappa shape index (κ3) is 4.44. The van der Waals surface area contributed by atoms with Crippen LogP contribution in [0.25, 0.3) is 11.1 Å². The van der Waals surface area contributed by atoms with E-state index in [0.717, 1.165) is 21.2 Å². The highest BCUT2D eigenvalue weighted by Crippen LogP contribution is 2.32. The van der Waals surface area contributed by atoms with Crippen molar-refractivity contribution in [1.29, 1.82) is 0 Å². The van der Waals surface area contributed by atoms with Gasteiger partial charge in [0.1, 0.15) is 0 Å².